The topological polar surface area (TPSA) is 77.0 Å². The second kappa shape index (κ2) is 6.78. The number of hydrogen-bond acceptors (Lipinski definition) is 5. The van der Waals surface area contributed by atoms with E-state index in [4.69, 9.17) is 9.47 Å². The Bertz CT molecular complexity index is 399. The lowest BCUT2D eigenvalue weighted by atomic mass is 10.2. The Morgan fingerprint density at radius 3 is 2.72 bits per heavy atom. The van der Waals surface area contributed by atoms with Crippen LogP contribution in [0.25, 0.3) is 0 Å². The Morgan fingerprint density at radius 2 is 2.17 bits per heavy atom. The van der Waals surface area contributed by atoms with Crippen LogP contribution < -0.4 is 5.32 Å². The maximum atomic E-state index is 11.6. The van der Waals surface area contributed by atoms with Gasteiger partial charge in [-0.05, 0) is 13.3 Å². The van der Waals surface area contributed by atoms with E-state index in [0.29, 0.717) is 12.3 Å². The van der Waals surface area contributed by atoms with Crippen LogP contribution in [0.3, 0.4) is 0 Å². The Labute approximate surface area is 106 Å². The molecular weight excluding hydrogens is 236 g/mol. The largest absolute Gasteiger partial charge is 0.484 e. The Kier molecular flexibility index (Phi) is 5.35. The quantitative estimate of drug-likeness (QED) is 0.453. The van der Waals surface area contributed by atoms with Crippen molar-refractivity contribution in [2.45, 2.75) is 33.1 Å². The molecule has 1 heterocycles. The van der Waals surface area contributed by atoms with E-state index in [2.05, 4.69) is 10.3 Å². The third kappa shape index (κ3) is 3.58. The van der Waals surface area contributed by atoms with Gasteiger partial charge < -0.3 is 14.8 Å². The van der Waals surface area contributed by atoms with Gasteiger partial charge in [-0.25, -0.2) is 4.79 Å². The van der Waals surface area contributed by atoms with E-state index in [9.17, 15) is 9.59 Å². The van der Waals surface area contributed by atoms with E-state index in [1.165, 1.54) is 7.11 Å². The van der Waals surface area contributed by atoms with Crippen molar-refractivity contribution in [1.29, 1.82) is 0 Å². The lowest BCUT2D eigenvalue weighted by Crippen LogP contribution is -2.15. The zero-order valence-electron chi connectivity index (χ0n) is 10.9. The fraction of sp³-hybridized carbons (Fsp3) is 0.583. The van der Waals surface area contributed by atoms with Gasteiger partial charge in [0.15, 0.2) is 5.90 Å². The fourth-order valence-corrected chi connectivity index (χ4v) is 1.52. The van der Waals surface area contributed by atoms with Crippen molar-refractivity contribution < 1.29 is 19.1 Å². The van der Waals surface area contributed by atoms with Crippen LogP contribution in [0.15, 0.2) is 16.4 Å². The first kappa shape index (κ1) is 14.2. The maximum Gasteiger partial charge on any atom is 0.338 e. The van der Waals surface area contributed by atoms with Gasteiger partial charge in [-0.3, -0.25) is 4.79 Å². The molecule has 1 N–H and O–H groups in total. The molecule has 0 saturated carbocycles. The molecule has 0 radical (unpaired) electrons. The molecule has 1 rings (SSSR count). The normalized spacial score (nSPS) is 15.7. The number of nitrogens with zero attached hydrogens (tertiary/aromatic N) is 1. The molecule has 0 unspecified atom stereocenters. The highest BCUT2D eigenvalue weighted by Gasteiger charge is 2.27. The first-order valence-corrected chi connectivity index (χ1v) is 5.94. The second-order valence-electron chi connectivity index (χ2n) is 3.73. The van der Waals surface area contributed by atoms with Crippen LogP contribution in [-0.2, 0) is 19.1 Å². The van der Waals surface area contributed by atoms with Crippen molar-refractivity contribution in [1.82, 2.24) is 5.32 Å². The number of carbonyl (C=O) groups is 2. The monoisotopic (exact) mass is 254 g/mol. The highest BCUT2D eigenvalue weighted by molar-refractivity contribution is 6.00. The summed E-state index contributed by atoms with van der Waals surface area (Å²) in [7, 11) is 1.51. The molecule has 0 aromatic rings. The van der Waals surface area contributed by atoms with Crippen LogP contribution in [0.2, 0.25) is 0 Å². The summed E-state index contributed by atoms with van der Waals surface area (Å²) in [5.74, 6) is -0.0504. The fourth-order valence-electron chi connectivity index (χ4n) is 1.52. The minimum absolute atomic E-state index is 0.000780. The van der Waals surface area contributed by atoms with E-state index in [-0.39, 0.29) is 30.3 Å². The van der Waals surface area contributed by atoms with Crippen LogP contribution in [0.5, 0.6) is 0 Å². The van der Waals surface area contributed by atoms with Crippen molar-refractivity contribution in [3.63, 3.8) is 0 Å². The van der Waals surface area contributed by atoms with Gasteiger partial charge in [0, 0.05) is 6.42 Å². The molecule has 0 bridgehead atoms. The molecule has 1 amide bonds. The number of methoxy groups -OCH3 is 1. The average Bonchev–Trinajstić information content (AvgIpc) is 2.70. The molecule has 0 aliphatic carbocycles. The number of nitrogens with one attached hydrogen (secondary N) is 1. The first-order chi connectivity index (χ1) is 8.62. The molecule has 6 heteroatoms. The Morgan fingerprint density at radius 1 is 1.44 bits per heavy atom. The minimum Gasteiger partial charge on any atom is -0.484 e. The van der Waals surface area contributed by atoms with Crippen molar-refractivity contribution in [3.8, 4) is 0 Å². The number of hydrogen-bond donors (Lipinski definition) is 1. The number of carbonyl (C=O) groups excluding carboxylic acids is 2. The van der Waals surface area contributed by atoms with E-state index in [1.807, 2.05) is 6.92 Å². The van der Waals surface area contributed by atoms with E-state index in [1.54, 1.807) is 6.92 Å². The number of ether oxygens (including phenoxy) is 2. The van der Waals surface area contributed by atoms with Gasteiger partial charge in [-0.2, -0.15) is 4.99 Å². The van der Waals surface area contributed by atoms with Crippen molar-refractivity contribution in [2.75, 3.05) is 13.7 Å². The van der Waals surface area contributed by atoms with Gasteiger partial charge in [-0.1, -0.05) is 6.92 Å². The summed E-state index contributed by atoms with van der Waals surface area (Å²) in [5.41, 5.74) is 0.257. The zero-order valence-corrected chi connectivity index (χ0v) is 10.9. The second-order valence-corrected chi connectivity index (χ2v) is 3.73. The molecule has 0 atom stereocenters. The minimum atomic E-state index is -0.512. The summed E-state index contributed by atoms with van der Waals surface area (Å²) in [4.78, 5) is 27.1. The van der Waals surface area contributed by atoms with Crippen molar-refractivity contribution in [2.24, 2.45) is 4.99 Å². The van der Waals surface area contributed by atoms with Gasteiger partial charge in [-0.15, -0.1) is 0 Å². The number of aliphatic imine (C=N–C) groups is 1. The number of amides is 1. The van der Waals surface area contributed by atoms with Gasteiger partial charge in [0.05, 0.1) is 25.7 Å². The van der Waals surface area contributed by atoms with Crippen molar-refractivity contribution >= 4 is 17.8 Å². The van der Waals surface area contributed by atoms with E-state index < -0.39 is 5.97 Å². The van der Waals surface area contributed by atoms with E-state index in [0.717, 1.165) is 6.42 Å². The molecule has 1 aliphatic heterocycles. The first-order valence-electron chi connectivity index (χ1n) is 5.94. The summed E-state index contributed by atoms with van der Waals surface area (Å²) < 4.78 is 9.97. The number of esters is 1. The third-order valence-electron chi connectivity index (χ3n) is 2.34. The summed E-state index contributed by atoms with van der Waals surface area (Å²) in [6.07, 6.45) is 1.51. The summed E-state index contributed by atoms with van der Waals surface area (Å²) in [6.45, 7) is 3.96. The molecular formula is C12H18N2O4. The van der Waals surface area contributed by atoms with Gasteiger partial charge >= 0.3 is 5.97 Å². The summed E-state index contributed by atoms with van der Waals surface area (Å²) in [6, 6.07) is 0. The number of rotatable bonds is 5. The molecule has 100 valence electrons. The molecule has 18 heavy (non-hydrogen) atoms. The van der Waals surface area contributed by atoms with E-state index >= 15 is 0 Å². The highest BCUT2D eigenvalue weighted by atomic mass is 16.5. The van der Waals surface area contributed by atoms with Gasteiger partial charge in [0.1, 0.15) is 5.82 Å². The Balaban J connectivity index is 2.96. The molecule has 0 aromatic carbocycles. The third-order valence-corrected chi connectivity index (χ3v) is 2.34. The summed E-state index contributed by atoms with van der Waals surface area (Å²) in [5, 5.41) is 2.54. The van der Waals surface area contributed by atoms with Crippen LogP contribution in [0.4, 0.5) is 0 Å². The lowest BCUT2D eigenvalue weighted by Gasteiger charge is -2.05. The highest BCUT2D eigenvalue weighted by Crippen LogP contribution is 2.18. The zero-order chi connectivity index (χ0) is 13.5. The standard InChI is InChI=1S/C12H18N2O4/c1-4-6-10(17-3)14-11-8(7-9(15)13-11)12(16)18-5-2/h4-7H2,1-3H3,(H,13,15). The summed E-state index contributed by atoms with van der Waals surface area (Å²) >= 11 is 0. The molecule has 0 saturated heterocycles. The Hall–Kier alpha value is -1.85. The lowest BCUT2D eigenvalue weighted by molar-refractivity contribution is -0.139. The predicted octanol–water partition coefficient (Wildman–Crippen LogP) is 1.13. The maximum absolute atomic E-state index is 11.6. The molecule has 6 nitrogen and oxygen atoms in total. The molecule has 0 aromatic heterocycles. The molecule has 0 fully saturated rings. The van der Waals surface area contributed by atoms with Crippen LogP contribution in [-0.4, -0.2) is 31.5 Å². The van der Waals surface area contributed by atoms with Crippen LogP contribution >= 0.6 is 0 Å². The molecule has 0 spiro atoms. The molecule has 1 aliphatic rings. The van der Waals surface area contributed by atoms with Crippen molar-refractivity contribution in [3.05, 3.63) is 11.4 Å². The average molecular weight is 254 g/mol. The smallest absolute Gasteiger partial charge is 0.338 e. The van der Waals surface area contributed by atoms with Gasteiger partial charge in [0.2, 0.25) is 5.91 Å². The predicted molar refractivity (Wildman–Crippen MR) is 65.8 cm³/mol. The SMILES string of the molecule is CCCC(=NC1=C(C(=O)OCC)CC(=O)N1)OC. The van der Waals surface area contributed by atoms with Crippen LogP contribution in [0, 0.1) is 0 Å². The van der Waals surface area contributed by atoms with Gasteiger partial charge in [0.25, 0.3) is 0 Å². The van der Waals surface area contributed by atoms with Crippen LogP contribution in [0.1, 0.15) is 33.1 Å².